The molecule has 0 atom stereocenters. The summed E-state index contributed by atoms with van der Waals surface area (Å²) >= 11 is 0. The zero-order valence-electron chi connectivity index (χ0n) is 11.4. The van der Waals surface area contributed by atoms with Crippen molar-refractivity contribution in [2.75, 3.05) is 19.7 Å². The quantitative estimate of drug-likeness (QED) is 0.832. The fraction of sp³-hybridized carbons (Fsp3) is 0.462. The van der Waals surface area contributed by atoms with Crippen molar-refractivity contribution in [3.63, 3.8) is 0 Å². The van der Waals surface area contributed by atoms with Gasteiger partial charge in [0.15, 0.2) is 0 Å². The highest BCUT2D eigenvalue weighted by atomic mass is 16.7. The normalized spacial score (nSPS) is 14.2. The number of pyridine rings is 1. The summed E-state index contributed by atoms with van der Waals surface area (Å²) in [6.45, 7) is 3.33. The first-order valence-electron chi connectivity index (χ1n) is 6.51. The number of hydrogen-bond donors (Lipinski definition) is 2. The Balaban J connectivity index is 1.67. The van der Waals surface area contributed by atoms with E-state index in [2.05, 4.69) is 15.6 Å². The number of amides is 3. The first-order chi connectivity index (χ1) is 9.65. The number of urea groups is 1. The van der Waals surface area contributed by atoms with Crippen molar-refractivity contribution >= 4 is 11.9 Å². The molecule has 7 nitrogen and oxygen atoms in total. The van der Waals surface area contributed by atoms with Crippen LogP contribution in [0, 0.1) is 6.92 Å². The third-order valence-electron chi connectivity index (χ3n) is 2.86. The van der Waals surface area contributed by atoms with E-state index in [-0.39, 0.29) is 12.5 Å². The molecule has 1 fully saturated rings. The number of hydrogen-bond acceptors (Lipinski definition) is 4. The van der Waals surface area contributed by atoms with Crippen LogP contribution in [0.2, 0.25) is 0 Å². The Hall–Kier alpha value is -2.15. The van der Waals surface area contributed by atoms with Gasteiger partial charge >= 0.3 is 6.03 Å². The van der Waals surface area contributed by atoms with Gasteiger partial charge in [0.25, 0.3) is 5.91 Å². The maximum atomic E-state index is 11.6. The molecule has 1 aromatic rings. The fourth-order valence-corrected chi connectivity index (χ4v) is 1.74. The zero-order valence-corrected chi connectivity index (χ0v) is 11.4. The molecule has 1 aliphatic heterocycles. The standard InChI is InChI=1S/C13H18N4O3/c1-10-3-4-11(7-14-10)8-15-13(19)16-9-12(18)17-5-2-6-20-17/h3-4,7H,2,5-6,8-9H2,1H3,(H2,15,16,19). The van der Waals surface area contributed by atoms with E-state index in [0.717, 1.165) is 17.7 Å². The summed E-state index contributed by atoms with van der Waals surface area (Å²) in [6, 6.07) is 3.38. The van der Waals surface area contributed by atoms with Crippen molar-refractivity contribution in [2.45, 2.75) is 19.9 Å². The highest BCUT2D eigenvalue weighted by molar-refractivity contribution is 5.83. The number of nitrogens with zero attached hydrogens (tertiary/aromatic N) is 2. The molecule has 0 unspecified atom stereocenters. The predicted octanol–water partition coefficient (Wildman–Crippen LogP) is 0.353. The molecule has 1 aliphatic rings. The Bertz CT molecular complexity index is 469. The Morgan fingerprint density at radius 3 is 2.90 bits per heavy atom. The second-order valence-electron chi connectivity index (χ2n) is 4.53. The maximum absolute atomic E-state index is 11.6. The Morgan fingerprint density at radius 2 is 2.25 bits per heavy atom. The molecule has 1 saturated heterocycles. The molecule has 0 saturated carbocycles. The first-order valence-corrected chi connectivity index (χ1v) is 6.51. The molecular formula is C13H18N4O3. The lowest BCUT2D eigenvalue weighted by Crippen LogP contribution is -2.42. The van der Waals surface area contributed by atoms with Crippen molar-refractivity contribution in [3.8, 4) is 0 Å². The summed E-state index contributed by atoms with van der Waals surface area (Å²) in [5.41, 5.74) is 1.83. The number of carbonyl (C=O) groups is 2. The topological polar surface area (TPSA) is 83.6 Å². The number of carbonyl (C=O) groups excluding carboxylic acids is 2. The van der Waals surface area contributed by atoms with Crippen LogP contribution in [0.15, 0.2) is 18.3 Å². The van der Waals surface area contributed by atoms with Crippen molar-refractivity contribution in [2.24, 2.45) is 0 Å². The van der Waals surface area contributed by atoms with Crippen LogP contribution in [-0.4, -0.2) is 41.7 Å². The van der Waals surface area contributed by atoms with E-state index in [0.29, 0.717) is 19.7 Å². The largest absolute Gasteiger partial charge is 0.334 e. The monoisotopic (exact) mass is 278 g/mol. The van der Waals surface area contributed by atoms with Crippen LogP contribution in [0.25, 0.3) is 0 Å². The molecular weight excluding hydrogens is 260 g/mol. The zero-order chi connectivity index (χ0) is 14.4. The fourth-order valence-electron chi connectivity index (χ4n) is 1.74. The maximum Gasteiger partial charge on any atom is 0.315 e. The number of hydroxylamine groups is 2. The van der Waals surface area contributed by atoms with Crippen LogP contribution in [0.3, 0.4) is 0 Å². The van der Waals surface area contributed by atoms with Crippen LogP contribution in [-0.2, 0) is 16.2 Å². The van der Waals surface area contributed by atoms with Gasteiger partial charge in [-0.2, -0.15) is 0 Å². The number of rotatable bonds is 4. The lowest BCUT2D eigenvalue weighted by atomic mass is 10.2. The molecule has 2 N–H and O–H groups in total. The van der Waals surface area contributed by atoms with E-state index in [1.54, 1.807) is 6.20 Å². The molecule has 2 heterocycles. The highest BCUT2D eigenvalue weighted by Gasteiger charge is 2.19. The van der Waals surface area contributed by atoms with Crippen molar-refractivity contribution in [3.05, 3.63) is 29.6 Å². The molecule has 0 aliphatic carbocycles. The Morgan fingerprint density at radius 1 is 1.40 bits per heavy atom. The minimum Gasteiger partial charge on any atom is -0.334 e. The molecule has 0 spiro atoms. The minimum absolute atomic E-state index is 0.0714. The smallest absolute Gasteiger partial charge is 0.315 e. The summed E-state index contributed by atoms with van der Waals surface area (Å²) in [6.07, 6.45) is 2.54. The summed E-state index contributed by atoms with van der Waals surface area (Å²) in [5, 5.41) is 6.44. The molecule has 2 rings (SSSR count). The third-order valence-corrected chi connectivity index (χ3v) is 2.86. The average Bonchev–Trinajstić information content (AvgIpc) is 2.98. The van der Waals surface area contributed by atoms with E-state index in [4.69, 9.17) is 4.84 Å². The van der Waals surface area contributed by atoms with Crippen LogP contribution in [0.5, 0.6) is 0 Å². The average molecular weight is 278 g/mol. The van der Waals surface area contributed by atoms with Gasteiger partial charge in [-0.3, -0.25) is 14.6 Å². The van der Waals surface area contributed by atoms with Gasteiger partial charge in [0.05, 0.1) is 13.2 Å². The van der Waals surface area contributed by atoms with E-state index in [1.807, 2.05) is 19.1 Å². The lowest BCUT2D eigenvalue weighted by molar-refractivity contribution is -0.167. The van der Waals surface area contributed by atoms with Gasteiger partial charge in [-0.15, -0.1) is 0 Å². The highest BCUT2D eigenvalue weighted by Crippen LogP contribution is 2.03. The minimum atomic E-state index is -0.391. The van der Waals surface area contributed by atoms with Crippen molar-refractivity contribution in [1.82, 2.24) is 20.7 Å². The third kappa shape index (κ3) is 4.20. The van der Waals surface area contributed by atoms with Crippen LogP contribution < -0.4 is 10.6 Å². The molecule has 108 valence electrons. The molecule has 1 aromatic heterocycles. The van der Waals surface area contributed by atoms with E-state index < -0.39 is 6.03 Å². The molecule has 3 amide bonds. The van der Waals surface area contributed by atoms with Gasteiger partial charge in [0, 0.05) is 18.4 Å². The van der Waals surface area contributed by atoms with E-state index >= 15 is 0 Å². The second kappa shape index (κ2) is 6.85. The van der Waals surface area contributed by atoms with E-state index in [9.17, 15) is 9.59 Å². The summed E-state index contributed by atoms with van der Waals surface area (Å²) in [7, 11) is 0. The van der Waals surface area contributed by atoms with Gasteiger partial charge in [0.2, 0.25) is 0 Å². The number of aryl methyl sites for hydroxylation is 1. The number of aromatic nitrogens is 1. The second-order valence-corrected chi connectivity index (χ2v) is 4.53. The molecule has 0 aromatic carbocycles. The predicted molar refractivity (Wildman–Crippen MR) is 71.5 cm³/mol. The Kier molecular flexibility index (Phi) is 4.89. The summed E-state index contributed by atoms with van der Waals surface area (Å²) in [5.74, 6) is -0.241. The molecule has 20 heavy (non-hydrogen) atoms. The summed E-state index contributed by atoms with van der Waals surface area (Å²) < 4.78 is 0. The van der Waals surface area contributed by atoms with E-state index in [1.165, 1.54) is 5.06 Å². The van der Waals surface area contributed by atoms with Crippen LogP contribution >= 0.6 is 0 Å². The van der Waals surface area contributed by atoms with Crippen molar-refractivity contribution < 1.29 is 14.4 Å². The number of nitrogens with one attached hydrogen (secondary N) is 2. The molecule has 7 heteroatoms. The van der Waals surface area contributed by atoms with Crippen LogP contribution in [0.1, 0.15) is 17.7 Å². The first kappa shape index (κ1) is 14.3. The van der Waals surface area contributed by atoms with Gasteiger partial charge in [-0.05, 0) is 25.0 Å². The van der Waals surface area contributed by atoms with Gasteiger partial charge < -0.3 is 10.6 Å². The van der Waals surface area contributed by atoms with Gasteiger partial charge in [-0.1, -0.05) is 6.07 Å². The van der Waals surface area contributed by atoms with Crippen LogP contribution in [0.4, 0.5) is 4.79 Å². The lowest BCUT2D eigenvalue weighted by Gasteiger charge is -2.14. The van der Waals surface area contributed by atoms with Gasteiger partial charge in [-0.25, -0.2) is 9.86 Å². The Labute approximate surface area is 117 Å². The van der Waals surface area contributed by atoms with Gasteiger partial charge in [0.1, 0.15) is 6.54 Å². The SMILES string of the molecule is Cc1ccc(CNC(=O)NCC(=O)N2CCCO2)cn1. The van der Waals surface area contributed by atoms with Crippen molar-refractivity contribution in [1.29, 1.82) is 0 Å². The molecule has 0 bridgehead atoms. The summed E-state index contributed by atoms with van der Waals surface area (Å²) in [4.78, 5) is 32.4. The molecule has 0 radical (unpaired) electrons.